The number of fused-ring (bicyclic) bond motifs is 1. The van der Waals surface area contributed by atoms with Crippen molar-refractivity contribution in [3.8, 4) is 0 Å². The van der Waals surface area contributed by atoms with Gasteiger partial charge in [-0.05, 0) is 56.2 Å². The van der Waals surface area contributed by atoms with Gasteiger partial charge in [0.25, 0.3) is 0 Å². The number of piperidine rings is 2. The number of aromatic nitrogens is 2. The van der Waals surface area contributed by atoms with Crippen molar-refractivity contribution in [2.24, 2.45) is 5.92 Å². The lowest BCUT2D eigenvalue weighted by molar-refractivity contribution is 0.0698. The van der Waals surface area contributed by atoms with Crippen LogP contribution < -0.4 is 4.90 Å². The predicted molar refractivity (Wildman–Crippen MR) is 102 cm³/mol. The topological polar surface area (TPSA) is 32.3 Å². The molecule has 2 aliphatic heterocycles. The number of benzene rings is 1. The van der Waals surface area contributed by atoms with Crippen LogP contribution in [-0.4, -0.2) is 46.8 Å². The zero-order valence-corrected chi connectivity index (χ0v) is 15.8. The Morgan fingerprint density at radius 1 is 1.08 bits per heavy atom. The van der Waals surface area contributed by atoms with Gasteiger partial charge in [-0.3, -0.25) is 4.90 Å². The van der Waals surface area contributed by atoms with Crippen LogP contribution in [0.25, 0.3) is 0 Å². The molecule has 3 heterocycles. The van der Waals surface area contributed by atoms with E-state index < -0.39 is 0 Å². The molecule has 0 amide bonds. The van der Waals surface area contributed by atoms with E-state index in [9.17, 15) is 4.39 Å². The molecule has 2 aromatic rings. The minimum Gasteiger partial charge on any atom is -0.346 e. The minimum absolute atomic E-state index is 0.160. The van der Waals surface area contributed by atoms with Gasteiger partial charge in [-0.25, -0.2) is 4.39 Å². The number of anilines is 1. The van der Waals surface area contributed by atoms with Gasteiger partial charge < -0.3 is 4.90 Å². The monoisotopic (exact) mass is 372 g/mol. The first-order valence-electron chi connectivity index (χ1n) is 9.84. The third-order valence-corrected chi connectivity index (χ3v) is 7.14. The van der Waals surface area contributed by atoms with Crippen LogP contribution in [0.3, 0.4) is 0 Å². The Balaban J connectivity index is 1.26. The number of rotatable bonds is 4. The lowest BCUT2D eigenvalue weighted by atomic mass is 9.84. The maximum atomic E-state index is 13.9. The lowest BCUT2D eigenvalue weighted by Crippen LogP contribution is -2.54. The Morgan fingerprint density at radius 2 is 1.96 bits per heavy atom. The fourth-order valence-corrected chi connectivity index (χ4v) is 5.62. The Hall–Kier alpha value is -1.53. The van der Waals surface area contributed by atoms with Gasteiger partial charge in [0.15, 0.2) is 0 Å². The highest BCUT2D eigenvalue weighted by Gasteiger charge is 2.42. The Morgan fingerprint density at radius 3 is 2.81 bits per heavy atom. The van der Waals surface area contributed by atoms with Crippen molar-refractivity contribution < 1.29 is 4.39 Å². The second-order valence-electron chi connectivity index (χ2n) is 7.92. The molecule has 1 aromatic carbocycles. The lowest BCUT2D eigenvalue weighted by Gasteiger charge is -2.47. The number of likely N-dealkylation sites (tertiary alicyclic amines) is 1. The standard InChI is InChI=1S/C20H25FN4S/c21-17-6-2-1-4-14(17)12-19-22-23-20(26-19)24-11-9-18-15(13-24)5-3-10-25(18)16-7-8-16/h1-2,4,6,15-16,18H,3,5,7-13H2. The molecule has 2 unspecified atom stereocenters. The van der Waals surface area contributed by atoms with E-state index in [0.717, 1.165) is 41.2 Å². The highest BCUT2D eigenvalue weighted by molar-refractivity contribution is 7.15. The van der Waals surface area contributed by atoms with Crippen molar-refractivity contribution in [3.05, 3.63) is 40.7 Å². The van der Waals surface area contributed by atoms with Gasteiger partial charge in [-0.1, -0.05) is 29.5 Å². The number of hydrogen-bond acceptors (Lipinski definition) is 5. The first-order chi connectivity index (χ1) is 12.8. The molecule has 138 valence electrons. The zero-order chi connectivity index (χ0) is 17.5. The molecule has 0 bridgehead atoms. The van der Waals surface area contributed by atoms with Crippen LogP contribution in [-0.2, 0) is 6.42 Å². The highest BCUT2D eigenvalue weighted by Crippen LogP contribution is 2.39. The highest BCUT2D eigenvalue weighted by atomic mass is 32.1. The molecule has 3 fully saturated rings. The molecule has 1 saturated carbocycles. The molecular weight excluding hydrogens is 347 g/mol. The molecule has 4 nitrogen and oxygen atoms in total. The SMILES string of the molecule is Fc1ccccc1Cc1nnc(N2CCC3C(CCCN3C3CC3)C2)s1. The van der Waals surface area contributed by atoms with Gasteiger partial charge in [0.1, 0.15) is 10.8 Å². The summed E-state index contributed by atoms with van der Waals surface area (Å²) in [5.74, 6) is 0.601. The summed E-state index contributed by atoms with van der Waals surface area (Å²) in [5, 5.41) is 10.7. The van der Waals surface area contributed by atoms with Crippen molar-refractivity contribution in [3.63, 3.8) is 0 Å². The molecule has 1 aromatic heterocycles. The fraction of sp³-hybridized carbons (Fsp3) is 0.600. The van der Waals surface area contributed by atoms with Gasteiger partial charge >= 0.3 is 0 Å². The molecule has 26 heavy (non-hydrogen) atoms. The summed E-state index contributed by atoms with van der Waals surface area (Å²) >= 11 is 1.63. The predicted octanol–water partition coefficient (Wildman–Crippen LogP) is 3.72. The summed E-state index contributed by atoms with van der Waals surface area (Å²) in [5.41, 5.74) is 0.696. The van der Waals surface area contributed by atoms with Gasteiger partial charge in [0, 0.05) is 31.6 Å². The average Bonchev–Trinajstić information content (AvgIpc) is 3.41. The van der Waals surface area contributed by atoms with Gasteiger partial charge in [0.05, 0.1) is 0 Å². The summed E-state index contributed by atoms with van der Waals surface area (Å²) < 4.78 is 13.9. The fourth-order valence-electron chi connectivity index (χ4n) is 4.72. The molecular formula is C20H25FN4S. The maximum absolute atomic E-state index is 13.9. The number of hydrogen-bond donors (Lipinski definition) is 0. The van der Waals surface area contributed by atoms with E-state index in [1.165, 1.54) is 44.7 Å². The quantitative estimate of drug-likeness (QED) is 0.819. The van der Waals surface area contributed by atoms with Crippen LogP contribution >= 0.6 is 11.3 Å². The average molecular weight is 373 g/mol. The molecule has 6 heteroatoms. The smallest absolute Gasteiger partial charge is 0.208 e. The molecule has 3 aliphatic rings. The van der Waals surface area contributed by atoms with Crippen molar-refractivity contribution >= 4 is 16.5 Å². The van der Waals surface area contributed by atoms with Gasteiger partial charge in [-0.2, -0.15) is 0 Å². The van der Waals surface area contributed by atoms with Crippen LogP contribution in [0.1, 0.15) is 42.7 Å². The summed E-state index contributed by atoms with van der Waals surface area (Å²) in [7, 11) is 0. The second-order valence-corrected chi connectivity index (χ2v) is 8.96. The number of halogens is 1. The minimum atomic E-state index is -0.160. The van der Waals surface area contributed by atoms with Crippen LogP contribution in [0.15, 0.2) is 24.3 Å². The normalized spacial score (nSPS) is 26.7. The van der Waals surface area contributed by atoms with E-state index in [1.54, 1.807) is 17.4 Å². The van der Waals surface area contributed by atoms with Crippen molar-refractivity contribution in [2.75, 3.05) is 24.5 Å². The van der Waals surface area contributed by atoms with E-state index in [1.807, 2.05) is 12.1 Å². The second kappa shape index (κ2) is 6.89. The Bertz CT molecular complexity index is 775. The summed E-state index contributed by atoms with van der Waals surface area (Å²) in [6.07, 6.45) is 7.25. The van der Waals surface area contributed by atoms with Gasteiger partial charge in [-0.15, -0.1) is 10.2 Å². The maximum Gasteiger partial charge on any atom is 0.208 e. The third kappa shape index (κ3) is 3.25. The van der Waals surface area contributed by atoms with Crippen molar-refractivity contribution in [1.82, 2.24) is 15.1 Å². The van der Waals surface area contributed by atoms with Crippen molar-refractivity contribution in [1.29, 1.82) is 0 Å². The molecule has 2 saturated heterocycles. The van der Waals surface area contributed by atoms with E-state index in [-0.39, 0.29) is 5.82 Å². The molecule has 0 radical (unpaired) electrons. The molecule has 0 spiro atoms. The van der Waals surface area contributed by atoms with Crippen LogP contribution in [0.5, 0.6) is 0 Å². The summed E-state index contributed by atoms with van der Waals surface area (Å²) in [6.45, 7) is 3.47. The molecule has 5 rings (SSSR count). The summed E-state index contributed by atoms with van der Waals surface area (Å²) in [6, 6.07) is 8.60. The number of nitrogens with zero attached hydrogens (tertiary/aromatic N) is 4. The van der Waals surface area contributed by atoms with E-state index in [2.05, 4.69) is 20.0 Å². The zero-order valence-electron chi connectivity index (χ0n) is 15.0. The van der Waals surface area contributed by atoms with Crippen LogP contribution in [0.2, 0.25) is 0 Å². The third-order valence-electron chi connectivity index (χ3n) is 6.15. The largest absolute Gasteiger partial charge is 0.346 e. The van der Waals surface area contributed by atoms with E-state index >= 15 is 0 Å². The van der Waals surface area contributed by atoms with E-state index in [0.29, 0.717) is 12.0 Å². The van der Waals surface area contributed by atoms with Crippen molar-refractivity contribution in [2.45, 2.75) is 50.6 Å². The van der Waals surface area contributed by atoms with Crippen LogP contribution in [0.4, 0.5) is 9.52 Å². The van der Waals surface area contributed by atoms with Gasteiger partial charge in [0.2, 0.25) is 5.13 Å². The Labute approximate surface area is 158 Å². The summed E-state index contributed by atoms with van der Waals surface area (Å²) in [4.78, 5) is 5.22. The molecule has 2 atom stereocenters. The van der Waals surface area contributed by atoms with E-state index in [4.69, 9.17) is 0 Å². The Kier molecular flexibility index (Phi) is 4.41. The first-order valence-corrected chi connectivity index (χ1v) is 10.7. The molecule has 1 aliphatic carbocycles. The first kappa shape index (κ1) is 16.6. The van der Waals surface area contributed by atoms with Crippen LogP contribution in [0, 0.1) is 11.7 Å². The molecule has 0 N–H and O–H groups in total.